The van der Waals surface area contributed by atoms with Crippen LogP contribution in [0, 0.1) is 5.92 Å². The molecule has 0 aliphatic heterocycles. The Morgan fingerprint density at radius 3 is 2.72 bits per heavy atom. The molecule has 4 aromatic rings. The van der Waals surface area contributed by atoms with Gasteiger partial charge in [0, 0.05) is 23.5 Å². The lowest BCUT2D eigenvalue weighted by Crippen LogP contribution is -2.38. The van der Waals surface area contributed by atoms with Crippen LogP contribution in [0.2, 0.25) is 5.02 Å². The van der Waals surface area contributed by atoms with Gasteiger partial charge >= 0.3 is 0 Å². The molecule has 0 saturated heterocycles. The van der Waals surface area contributed by atoms with Crippen molar-refractivity contribution in [1.82, 2.24) is 35.0 Å². The Morgan fingerprint density at radius 2 is 1.97 bits per heavy atom. The Kier molecular flexibility index (Phi) is 4.53. The summed E-state index contributed by atoms with van der Waals surface area (Å²) in [6, 6.07) is 4.16. The second-order valence-corrected chi connectivity index (χ2v) is 9.13. The van der Waals surface area contributed by atoms with E-state index in [1.54, 1.807) is 6.20 Å². The number of halogens is 1. The molecule has 0 bridgehead atoms. The second-order valence-electron chi connectivity index (χ2n) is 8.75. The van der Waals surface area contributed by atoms with Gasteiger partial charge in [0.05, 0.1) is 22.1 Å². The molecule has 4 heterocycles. The molecule has 2 aliphatic rings. The lowest BCUT2D eigenvalue weighted by Gasteiger charge is -2.29. The van der Waals surface area contributed by atoms with Crippen LogP contribution >= 0.6 is 11.6 Å². The maximum absolute atomic E-state index is 12.1. The summed E-state index contributed by atoms with van der Waals surface area (Å²) in [7, 11) is 0. The van der Waals surface area contributed by atoms with Gasteiger partial charge in [-0.1, -0.05) is 11.6 Å². The minimum atomic E-state index is 0.163. The van der Waals surface area contributed by atoms with Gasteiger partial charge in [-0.2, -0.15) is 5.10 Å². The van der Waals surface area contributed by atoms with Crippen molar-refractivity contribution in [1.29, 1.82) is 0 Å². The summed E-state index contributed by atoms with van der Waals surface area (Å²) in [4.78, 5) is 28.5. The molecular weight excluding hydrogens is 428 g/mol. The van der Waals surface area contributed by atoms with Gasteiger partial charge < -0.3 is 16.0 Å². The number of aromatic amines is 1. The van der Waals surface area contributed by atoms with Crippen LogP contribution < -0.4 is 11.1 Å². The molecule has 0 radical (unpaired) electrons. The van der Waals surface area contributed by atoms with Crippen molar-refractivity contribution in [3.05, 3.63) is 29.7 Å². The van der Waals surface area contributed by atoms with E-state index < -0.39 is 0 Å². The first-order chi connectivity index (χ1) is 15.6. The highest BCUT2D eigenvalue weighted by Crippen LogP contribution is 2.40. The van der Waals surface area contributed by atoms with Gasteiger partial charge in [0.2, 0.25) is 5.91 Å². The molecule has 0 unspecified atom stereocenters. The Hall–Kier alpha value is -3.20. The zero-order chi connectivity index (χ0) is 21.8. The van der Waals surface area contributed by atoms with Crippen LogP contribution in [-0.4, -0.2) is 41.7 Å². The van der Waals surface area contributed by atoms with Gasteiger partial charge in [0.15, 0.2) is 5.65 Å². The van der Waals surface area contributed by atoms with Crippen molar-refractivity contribution >= 4 is 45.4 Å². The van der Waals surface area contributed by atoms with E-state index in [0.29, 0.717) is 38.9 Å². The Balaban J connectivity index is 1.35. The third kappa shape index (κ3) is 3.19. The number of fused-ring (bicyclic) bond motifs is 2. The number of nitrogen functional groups attached to an aromatic ring is 1. The van der Waals surface area contributed by atoms with Crippen molar-refractivity contribution in [3.63, 3.8) is 0 Å². The monoisotopic (exact) mass is 450 g/mol. The van der Waals surface area contributed by atoms with Crippen LogP contribution in [0.25, 0.3) is 33.5 Å². The topological polar surface area (TPSA) is 127 Å². The molecule has 2 fully saturated rings. The van der Waals surface area contributed by atoms with Crippen LogP contribution in [0.4, 0.5) is 5.82 Å². The molecule has 4 N–H and O–H groups in total. The first-order valence-corrected chi connectivity index (χ1v) is 11.4. The minimum absolute atomic E-state index is 0.163. The summed E-state index contributed by atoms with van der Waals surface area (Å²) in [6.45, 7) is 0. The Morgan fingerprint density at radius 1 is 1.16 bits per heavy atom. The largest absolute Gasteiger partial charge is 0.383 e. The zero-order valence-electron chi connectivity index (χ0n) is 17.4. The number of rotatable bonds is 4. The van der Waals surface area contributed by atoms with E-state index in [9.17, 15) is 4.79 Å². The maximum atomic E-state index is 12.1. The Bertz CT molecular complexity index is 1330. The van der Waals surface area contributed by atoms with E-state index in [1.807, 2.05) is 16.8 Å². The average Bonchev–Trinajstić information content (AvgIpc) is 3.52. The van der Waals surface area contributed by atoms with E-state index >= 15 is 0 Å². The number of anilines is 1. The molecule has 32 heavy (non-hydrogen) atoms. The summed E-state index contributed by atoms with van der Waals surface area (Å²) in [6.07, 6.45) is 8.86. The van der Waals surface area contributed by atoms with Gasteiger partial charge in [-0.05, 0) is 50.7 Å². The molecule has 10 heteroatoms. The van der Waals surface area contributed by atoms with Crippen molar-refractivity contribution in [3.8, 4) is 11.4 Å². The predicted octanol–water partition coefficient (Wildman–Crippen LogP) is 3.62. The van der Waals surface area contributed by atoms with Crippen molar-refractivity contribution in [2.75, 3.05) is 5.73 Å². The first kappa shape index (κ1) is 19.5. The number of aromatic nitrogens is 6. The molecular formula is C22H23ClN8O. The fourth-order valence-electron chi connectivity index (χ4n) is 4.71. The molecule has 0 spiro atoms. The predicted molar refractivity (Wildman–Crippen MR) is 122 cm³/mol. The summed E-state index contributed by atoms with van der Waals surface area (Å²) >= 11 is 6.70. The standard InChI is InChI=1S/C22H23ClN8O/c23-16-14-2-1-9-25-20(14)29-18(16)17-15-19(24)26-10-27-21(15)31(30-17)13-7-5-12(6-8-13)28-22(32)11-3-4-11/h1-2,9-13H,3-8H2,(H,25,29)(H,28,32)(H2,24,26,27). The number of hydrogen-bond acceptors (Lipinski definition) is 6. The van der Waals surface area contributed by atoms with Gasteiger partial charge in [-0.3, -0.25) is 4.79 Å². The van der Waals surface area contributed by atoms with Crippen LogP contribution in [0.5, 0.6) is 0 Å². The summed E-state index contributed by atoms with van der Waals surface area (Å²) in [5.74, 6) is 0.813. The fraction of sp³-hybridized carbons (Fsp3) is 0.409. The highest BCUT2D eigenvalue weighted by molar-refractivity contribution is 6.38. The van der Waals surface area contributed by atoms with E-state index in [1.165, 1.54) is 6.33 Å². The summed E-state index contributed by atoms with van der Waals surface area (Å²) in [5, 5.41) is 10.2. The van der Waals surface area contributed by atoms with E-state index in [-0.39, 0.29) is 23.9 Å². The number of nitrogens with zero attached hydrogens (tertiary/aromatic N) is 5. The lowest BCUT2D eigenvalue weighted by atomic mass is 9.91. The SMILES string of the molecule is Nc1ncnc2c1c(-c1[nH]c3ncccc3c1Cl)nn2C1CCC(NC(=O)C2CC2)CC1. The molecule has 0 atom stereocenters. The van der Waals surface area contributed by atoms with Gasteiger partial charge in [0.1, 0.15) is 23.5 Å². The number of pyridine rings is 1. The van der Waals surface area contributed by atoms with Crippen molar-refractivity contribution in [2.45, 2.75) is 50.6 Å². The number of amides is 1. The second kappa shape index (κ2) is 7.44. The number of hydrogen-bond donors (Lipinski definition) is 3. The average molecular weight is 451 g/mol. The fourth-order valence-corrected chi connectivity index (χ4v) is 5.00. The molecule has 1 amide bonds. The molecule has 0 aromatic carbocycles. The lowest BCUT2D eigenvalue weighted by molar-refractivity contribution is -0.123. The smallest absolute Gasteiger partial charge is 0.223 e. The normalized spacial score (nSPS) is 21.3. The highest BCUT2D eigenvalue weighted by atomic mass is 35.5. The van der Waals surface area contributed by atoms with E-state index in [0.717, 1.165) is 43.9 Å². The summed E-state index contributed by atoms with van der Waals surface area (Å²) in [5.41, 5.74) is 8.95. The highest BCUT2D eigenvalue weighted by Gasteiger charge is 2.33. The number of nitrogens with two attached hydrogens (primary N) is 1. The molecule has 6 rings (SSSR count). The maximum Gasteiger partial charge on any atom is 0.223 e. The van der Waals surface area contributed by atoms with Gasteiger partial charge in [-0.25, -0.2) is 19.6 Å². The molecule has 9 nitrogen and oxygen atoms in total. The van der Waals surface area contributed by atoms with Gasteiger partial charge in [0.25, 0.3) is 0 Å². The number of carbonyl (C=O) groups is 1. The molecule has 4 aromatic heterocycles. The quantitative estimate of drug-likeness (QED) is 0.435. The van der Waals surface area contributed by atoms with Gasteiger partial charge in [-0.15, -0.1) is 0 Å². The third-order valence-electron chi connectivity index (χ3n) is 6.60. The number of H-pyrrole nitrogens is 1. The van der Waals surface area contributed by atoms with Crippen molar-refractivity contribution < 1.29 is 4.79 Å². The summed E-state index contributed by atoms with van der Waals surface area (Å²) < 4.78 is 1.96. The van der Waals surface area contributed by atoms with E-state index in [2.05, 4.69) is 25.3 Å². The zero-order valence-corrected chi connectivity index (χ0v) is 18.1. The Labute approximate surface area is 188 Å². The first-order valence-electron chi connectivity index (χ1n) is 11.0. The number of nitrogens with one attached hydrogen (secondary N) is 2. The van der Waals surface area contributed by atoms with Crippen LogP contribution in [-0.2, 0) is 4.79 Å². The van der Waals surface area contributed by atoms with Crippen LogP contribution in [0.15, 0.2) is 24.7 Å². The van der Waals surface area contributed by atoms with Crippen LogP contribution in [0.3, 0.4) is 0 Å². The van der Waals surface area contributed by atoms with E-state index in [4.69, 9.17) is 22.4 Å². The molecule has 164 valence electrons. The number of carbonyl (C=O) groups excluding carboxylic acids is 1. The molecule has 2 aliphatic carbocycles. The minimum Gasteiger partial charge on any atom is -0.383 e. The van der Waals surface area contributed by atoms with Crippen molar-refractivity contribution in [2.24, 2.45) is 5.92 Å². The molecule has 2 saturated carbocycles. The third-order valence-corrected chi connectivity index (χ3v) is 6.99. The van der Waals surface area contributed by atoms with Crippen LogP contribution in [0.1, 0.15) is 44.6 Å².